The van der Waals surface area contributed by atoms with Crippen LogP contribution in [-0.2, 0) is 11.3 Å². The van der Waals surface area contributed by atoms with Gasteiger partial charge in [-0.15, -0.1) is 0 Å². The second-order valence-corrected chi connectivity index (χ2v) is 5.34. The Labute approximate surface area is 141 Å². The number of hydrogen-bond donors (Lipinski definition) is 0. The molecular formula is C19H19FN2O2. The highest BCUT2D eigenvalue weighted by atomic mass is 19.1. The predicted octanol–water partition coefficient (Wildman–Crippen LogP) is 3.51. The number of rotatable bonds is 7. The molecule has 2 aromatic carbocycles. The highest BCUT2D eigenvalue weighted by molar-refractivity contribution is 5.77. The second-order valence-electron chi connectivity index (χ2n) is 5.34. The number of ether oxygens (including phenoxy) is 1. The maximum Gasteiger partial charge on any atom is 0.260 e. The Balaban J connectivity index is 1.99. The van der Waals surface area contributed by atoms with E-state index < -0.39 is 5.82 Å². The lowest BCUT2D eigenvalue weighted by Crippen LogP contribution is -2.35. The third kappa shape index (κ3) is 4.82. The minimum atomic E-state index is -0.487. The van der Waals surface area contributed by atoms with Crippen molar-refractivity contribution >= 4 is 5.91 Å². The van der Waals surface area contributed by atoms with Gasteiger partial charge in [0.05, 0.1) is 11.6 Å². The number of nitriles is 1. The van der Waals surface area contributed by atoms with E-state index in [0.717, 1.165) is 12.0 Å². The molecule has 0 bridgehead atoms. The van der Waals surface area contributed by atoms with Crippen LogP contribution in [0.2, 0.25) is 0 Å². The fourth-order valence-electron chi connectivity index (χ4n) is 2.26. The molecule has 124 valence electrons. The summed E-state index contributed by atoms with van der Waals surface area (Å²) in [4.78, 5) is 14.0. The Bertz CT molecular complexity index is 723. The molecule has 0 aromatic heterocycles. The van der Waals surface area contributed by atoms with Gasteiger partial charge in [0.1, 0.15) is 0 Å². The Kier molecular flexibility index (Phi) is 6.32. The zero-order valence-electron chi connectivity index (χ0n) is 13.5. The van der Waals surface area contributed by atoms with E-state index in [0.29, 0.717) is 18.7 Å². The van der Waals surface area contributed by atoms with Crippen LogP contribution in [0.25, 0.3) is 0 Å². The summed E-state index contributed by atoms with van der Waals surface area (Å²) in [5, 5.41) is 8.82. The minimum absolute atomic E-state index is 0.0701. The van der Waals surface area contributed by atoms with Crippen LogP contribution in [-0.4, -0.2) is 24.0 Å². The van der Waals surface area contributed by atoms with Crippen LogP contribution in [0.1, 0.15) is 24.5 Å². The Hall–Kier alpha value is -2.87. The molecule has 0 N–H and O–H groups in total. The number of amides is 1. The van der Waals surface area contributed by atoms with Crippen molar-refractivity contribution < 1.29 is 13.9 Å². The van der Waals surface area contributed by atoms with Gasteiger partial charge in [-0.1, -0.05) is 31.2 Å². The molecule has 0 aliphatic carbocycles. The van der Waals surface area contributed by atoms with Crippen molar-refractivity contribution in [3.05, 3.63) is 65.5 Å². The van der Waals surface area contributed by atoms with Gasteiger partial charge < -0.3 is 9.64 Å². The minimum Gasteiger partial charge on any atom is -0.481 e. The van der Waals surface area contributed by atoms with Crippen molar-refractivity contribution in [2.45, 2.75) is 19.9 Å². The van der Waals surface area contributed by atoms with E-state index in [1.165, 1.54) is 12.1 Å². The van der Waals surface area contributed by atoms with Crippen LogP contribution in [0, 0.1) is 17.1 Å². The largest absolute Gasteiger partial charge is 0.481 e. The monoisotopic (exact) mass is 326 g/mol. The smallest absolute Gasteiger partial charge is 0.260 e. The van der Waals surface area contributed by atoms with E-state index in [1.807, 2.05) is 19.1 Å². The molecule has 0 fully saturated rings. The lowest BCUT2D eigenvalue weighted by Gasteiger charge is -2.22. The van der Waals surface area contributed by atoms with E-state index in [1.54, 1.807) is 29.2 Å². The third-order valence-electron chi connectivity index (χ3n) is 3.49. The Morgan fingerprint density at radius 3 is 2.54 bits per heavy atom. The topological polar surface area (TPSA) is 53.3 Å². The van der Waals surface area contributed by atoms with Gasteiger partial charge in [-0.05, 0) is 36.2 Å². The van der Waals surface area contributed by atoms with E-state index >= 15 is 0 Å². The van der Waals surface area contributed by atoms with E-state index in [2.05, 4.69) is 6.07 Å². The number of nitrogens with zero attached hydrogens (tertiary/aromatic N) is 2. The summed E-state index contributed by atoms with van der Waals surface area (Å²) >= 11 is 0. The summed E-state index contributed by atoms with van der Waals surface area (Å²) in [6.45, 7) is 2.78. The quantitative estimate of drug-likeness (QED) is 0.782. The number of hydrogen-bond acceptors (Lipinski definition) is 3. The molecule has 24 heavy (non-hydrogen) atoms. The maximum absolute atomic E-state index is 13.5. The summed E-state index contributed by atoms with van der Waals surface area (Å²) in [6, 6.07) is 15.2. The van der Waals surface area contributed by atoms with Gasteiger partial charge in [0.2, 0.25) is 0 Å². The number of para-hydroxylation sites is 1. The van der Waals surface area contributed by atoms with Gasteiger partial charge in [0, 0.05) is 13.1 Å². The summed E-state index contributed by atoms with van der Waals surface area (Å²) < 4.78 is 18.8. The zero-order valence-corrected chi connectivity index (χ0v) is 13.5. The third-order valence-corrected chi connectivity index (χ3v) is 3.49. The standard InChI is InChI=1S/C19H19FN2O2/c1-2-11-22(13-16-9-7-15(12-21)8-10-16)19(23)14-24-18-6-4-3-5-17(18)20/h3-10H,2,11,13-14H2,1H3. The molecule has 4 nitrogen and oxygen atoms in total. The van der Waals surface area contributed by atoms with Crippen molar-refractivity contribution in [1.29, 1.82) is 5.26 Å². The van der Waals surface area contributed by atoms with Crippen molar-refractivity contribution in [3.63, 3.8) is 0 Å². The first-order valence-electron chi connectivity index (χ1n) is 7.78. The first kappa shape index (κ1) is 17.5. The van der Waals surface area contributed by atoms with Crippen LogP contribution in [0.5, 0.6) is 5.75 Å². The van der Waals surface area contributed by atoms with Crippen molar-refractivity contribution in [1.82, 2.24) is 4.90 Å². The molecule has 0 radical (unpaired) electrons. The van der Waals surface area contributed by atoms with Crippen LogP contribution >= 0.6 is 0 Å². The summed E-state index contributed by atoms with van der Waals surface area (Å²) in [6.07, 6.45) is 0.807. The van der Waals surface area contributed by atoms with Crippen LogP contribution < -0.4 is 4.74 Å². The number of carbonyl (C=O) groups is 1. The van der Waals surface area contributed by atoms with Crippen LogP contribution in [0.4, 0.5) is 4.39 Å². The SMILES string of the molecule is CCCN(Cc1ccc(C#N)cc1)C(=O)COc1ccccc1F. The molecule has 1 amide bonds. The van der Waals surface area contributed by atoms with Gasteiger partial charge >= 0.3 is 0 Å². The summed E-state index contributed by atoms with van der Waals surface area (Å²) in [5.41, 5.74) is 1.51. The molecule has 2 rings (SSSR count). The molecule has 0 unspecified atom stereocenters. The van der Waals surface area contributed by atoms with Gasteiger partial charge in [-0.3, -0.25) is 4.79 Å². The first-order valence-corrected chi connectivity index (χ1v) is 7.78. The molecule has 0 spiro atoms. The molecule has 0 aliphatic rings. The van der Waals surface area contributed by atoms with Crippen molar-refractivity contribution in [2.75, 3.05) is 13.2 Å². The lowest BCUT2D eigenvalue weighted by atomic mass is 10.1. The van der Waals surface area contributed by atoms with Crippen LogP contribution in [0.3, 0.4) is 0 Å². The summed E-state index contributed by atoms with van der Waals surface area (Å²) in [5.74, 6) is -0.621. The molecule has 5 heteroatoms. The van der Waals surface area contributed by atoms with Gasteiger partial charge in [0.15, 0.2) is 18.2 Å². The fourth-order valence-corrected chi connectivity index (χ4v) is 2.26. The highest BCUT2D eigenvalue weighted by Gasteiger charge is 2.15. The predicted molar refractivity (Wildman–Crippen MR) is 88.8 cm³/mol. The van der Waals surface area contributed by atoms with Crippen LogP contribution in [0.15, 0.2) is 48.5 Å². The molecule has 0 aliphatic heterocycles. The maximum atomic E-state index is 13.5. The average Bonchev–Trinajstić information content (AvgIpc) is 2.61. The van der Waals surface area contributed by atoms with Gasteiger partial charge in [0.25, 0.3) is 5.91 Å². The molecule has 0 atom stereocenters. The van der Waals surface area contributed by atoms with Gasteiger partial charge in [-0.2, -0.15) is 5.26 Å². The zero-order chi connectivity index (χ0) is 17.4. The number of halogens is 1. The lowest BCUT2D eigenvalue weighted by molar-refractivity contribution is -0.134. The van der Waals surface area contributed by atoms with E-state index in [9.17, 15) is 9.18 Å². The van der Waals surface area contributed by atoms with Crippen molar-refractivity contribution in [2.24, 2.45) is 0 Å². The Morgan fingerprint density at radius 2 is 1.92 bits per heavy atom. The number of carbonyl (C=O) groups excluding carboxylic acids is 1. The molecular weight excluding hydrogens is 307 g/mol. The molecule has 0 saturated heterocycles. The highest BCUT2D eigenvalue weighted by Crippen LogP contribution is 2.15. The molecule has 0 saturated carbocycles. The number of benzene rings is 2. The summed E-state index contributed by atoms with van der Waals surface area (Å²) in [7, 11) is 0. The molecule has 0 heterocycles. The fraction of sp³-hybridized carbons (Fsp3) is 0.263. The normalized spacial score (nSPS) is 10.0. The average molecular weight is 326 g/mol. The second kappa shape index (κ2) is 8.68. The Morgan fingerprint density at radius 1 is 1.21 bits per heavy atom. The van der Waals surface area contributed by atoms with Crippen molar-refractivity contribution in [3.8, 4) is 11.8 Å². The van der Waals surface area contributed by atoms with Gasteiger partial charge in [-0.25, -0.2) is 4.39 Å². The molecule has 2 aromatic rings. The van der Waals surface area contributed by atoms with E-state index in [4.69, 9.17) is 10.00 Å². The first-order chi connectivity index (χ1) is 11.6. The van der Waals surface area contributed by atoms with E-state index in [-0.39, 0.29) is 18.3 Å².